The van der Waals surface area contributed by atoms with E-state index in [1.54, 1.807) is 0 Å². The van der Waals surface area contributed by atoms with Crippen LogP contribution in [0.1, 0.15) is 25.3 Å². The summed E-state index contributed by atoms with van der Waals surface area (Å²) in [6.07, 6.45) is 1.85. The summed E-state index contributed by atoms with van der Waals surface area (Å²) < 4.78 is 4.95. The van der Waals surface area contributed by atoms with Crippen LogP contribution in [0.2, 0.25) is 0 Å². The zero-order valence-electron chi connectivity index (χ0n) is 9.76. The Bertz CT molecular complexity index is 398. The highest BCUT2D eigenvalue weighted by Crippen LogP contribution is 2.01. The molecule has 1 aromatic carbocycles. The Balaban J connectivity index is 2.31. The highest BCUT2D eigenvalue weighted by Gasteiger charge is 2.09. The van der Waals surface area contributed by atoms with Crippen molar-refractivity contribution in [1.29, 1.82) is 0 Å². The van der Waals surface area contributed by atoms with Crippen LogP contribution in [0.25, 0.3) is 0 Å². The third-order valence-corrected chi connectivity index (χ3v) is 1.96. The second-order valence-electron chi connectivity index (χ2n) is 3.44. The van der Waals surface area contributed by atoms with Gasteiger partial charge < -0.3 is 4.74 Å². The van der Waals surface area contributed by atoms with Gasteiger partial charge in [-0.05, 0) is 12.0 Å². The molecule has 4 nitrogen and oxygen atoms in total. The van der Waals surface area contributed by atoms with E-state index in [-0.39, 0.29) is 13.0 Å². The molecule has 1 rings (SSSR count). The van der Waals surface area contributed by atoms with Gasteiger partial charge in [0.15, 0.2) is 0 Å². The molecule has 0 spiro atoms. The number of hydrogen-bond donors (Lipinski definition) is 0. The van der Waals surface area contributed by atoms with Gasteiger partial charge in [0.1, 0.15) is 13.0 Å². The van der Waals surface area contributed by atoms with Crippen LogP contribution in [-0.2, 0) is 20.9 Å². The molecule has 0 aliphatic heterocycles. The summed E-state index contributed by atoms with van der Waals surface area (Å²) in [6.45, 7) is 2.05. The summed E-state index contributed by atoms with van der Waals surface area (Å²) in [5.41, 5.74) is 0.894. The lowest BCUT2D eigenvalue weighted by Gasteiger charge is -2.02. The van der Waals surface area contributed by atoms with Crippen LogP contribution in [0, 0.1) is 0 Å². The third kappa shape index (κ3) is 5.61. The van der Waals surface area contributed by atoms with Crippen molar-refractivity contribution in [3.63, 3.8) is 0 Å². The molecule has 0 saturated heterocycles. The van der Waals surface area contributed by atoms with Crippen LogP contribution >= 0.6 is 0 Å². The van der Waals surface area contributed by atoms with Gasteiger partial charge >= 0.3 is 5.97 Å². The van der Waals surface area contributed by atoms with E-state index in [9.17, 15) is 9.59 Å². The van der Waals surface area contributed by atoms with Crippen LogP contribution < -0.4 is 0 Å². The molecule has 1 aromatic rings. The van der Waals surface area contributed by atoms with Gasteiger partial charge in [-0.2, -0.15) is 0 Å². The number of ether oxygens (including phenoxy) is 1. The van der Waals surface area contributed by atoms with E-state index in [0.717, 1.165) is 5.56 Å². The van der Waals surface area contributed by atoms with Crippen molar-refractivity contribution in [2.75, 3.05) is 0 Å². The Morgan fingerprint density at radius 1 is 1.29 bits per heavy atom. The molecular formula is C13H15NO3. The van der Waals surface area contributed by atoms with E-state index in [1.165, 1.54) is 6.21 Å². The molecule has 0 heterocycles. The number of esters is 1. The van der Waals surface area contributed by atoms with Crippen molar-refractivity contribution in [3.8, 4) is 0 Å². The average Bonchev–Trinajstić information content (AvgIpc) is 2.35. The Morgan fingerprint density at radius 3 is 2.65 bits per heavy atom. The summed E-state index contributed by atoms with van der Waals surface area (Å²) in [4.78, 5) is 26.0. The number of rotatable bonds is 5. The second kappa shape index (κ2) is 7.33. The molecule has 90 valence electrons. The summed E-state index contributed by atoms with van der Waals surface area (Å²) in [5, 5.41) is 0. The number of aliphatic imine (C=N–C) groups is 1. The molecule has 0 fully saturated rings. The molecule has 17 heavy (non-hydrogen) atoms. The molecular weight excluding hydrogens is 218 g/mol. The molecule has 0 aromatic heterocycles. The van der Waals surface area contributed by atoms with Gasteiger partial charge in [0.25, 0.3) is 5.91 Å². The Hall–Kier alpha value is -1.97. The van der Waals surface area contributed by atoms with Gasteiger partial charge in [0, 0.05) is 6.21 Å². The summed E-state index contributed by atoms with van der Waals surface area (Å²) >= 11 is 0. The standard InChI is InChI=1S/C13H15NO3/c1-2-8-14-12(15)9-13(16)17-10-11-6-4-3-5-7-11/h3-8H,2,9-10H2,1H3/b14-8-. The molecule has 0 unspecified atom stereocenters. The lowest BCUT2D eigenvalue weighted by Crippen LogP contribution is -2.09. The van der Waals surface area contributed by atoms with Crippen LogP contribution in [0.3, 0.4) is 0 Å². The predicted molar refractivity (Wildman–Crippen MR) is 64.6 cm³/mol. The molecule has 0 N–H and O–H groups in total. The van der Waals surface area contributed by atoms with Gasteiger partial charge in [0.05, 0.1) is 0 Å². The number of hydrogen-bond acceptors (Lipinski definition) is 3. The Kier molecular flexibility index (Phi) is 5.64. The van der Waals surface area contributed by atoms with Gasteiger partial charge in [-0.25, -0.2) is 4.99 Å². The maximum Gasteiger partial charge on any atom is 0.315 e. The third-order valence-electron chi connectivity index (χ3n) is 1.96. The van der Waals surface area contributed by atoms with E-state index < -0.39 is 11.9 Å². The number of benzene rings is 1. The molecule has 0 radical (unpaired) electrons. The highest BCUT2D eigenvalue weighted by atomic mass is 16.5. The average molecular weight is 233 g/mol. The van der Waals surface area contributed by atoms with E-state index in [4.69, 9.17) is 4.74 Å². The molecule has 0 saturated carbocycles. The van der Waals surface area contributed by atoms with Gasteiger partial charge in [-0.3, -0.25) is 9.59 Å². The van der Waals surface area contributed by atoms with Crippen LogP contribution in [0.4, 0.5) is 0 Å². The van der Waals surface area contributed by atoms with Crippen molar-refractivity contribution in [2.24, 2.45) is 4.99 Å². The van der Waals surface area contributed by atoms with Gasteiger partial charge in [0.2, 0.25) is 0 Å². The Labute approximate surface area is 100 Å². The maximum absolute atomic E-state index is 11.3. The van der Waals surface area contributed by atoms with Crippen molar-refractivity contribution in [3.05, 3.63) is 35.9 Å². The SMILES string of the molecule is CC/C=N\C(=O)CC(=O)OCc1ccccc1. The maximum atomic E-state index is 11.3. The topological polar surface area (TPSA) is 55.7 Å². The minimum atomic E-state index is -0.549. The number of carbonyl (C=O) groups is 2. The fraction of sp³-hybridized carbons (Fsp3) is 0.308. The van der Waals surface area contributed by atoms with Crippen molar-refractivity contribution in [1.82, 2.24) is 0 Å². The van der Waals surface area contributed by atoms with Crippen molar-refractivity contribution < 1.29 is 14.3 Å². The zero-order chi connectivity index (χ0) is 12.5. The van der Waals surface area contributed by atoms with E-state index in [1.807, 2.05) is 37.3 Å². The first kappa shape index (κ1) is 13.1. The quantitative estimate of drug-likeness (QED) is 0.444. The molecule has 0 aliphatic rings. The second-order valence-corrected chi connectivity index (χ2v) is 3.44. The summed E-state index contributed by atoms with van der Waals surface area (Å²) in [7, 11) is 0. The summed E-state index contributed by atoms with van der Waals surface area (Å²) in [6, 6.07) is 9.31. The lowest BCUT2D eigenvalue weighted by atomic mass is 10.2. The molecule has 0 aliphatic carbocycles. The van der Waals surface area contributed by atoms with E-state index >= 15 is 0 Å². The monoisotopic (exact) mass is 233 g/mol. The normalized spacial score (nSPS) is 10.4. The van der Waals surface area contributed by atoms with Crippen molar-refractivity contribution >= 4 is 18.1 Å². The lowest BCUT2D eigenvalue weighted by molar-refractivity contribution is -0.147. The van der Waals surface area contributed by atoms with E-state index in [0.29, 0.717) is 6.42 Å². The highest BCUT2D eigenvalue weighted by molar-refractivity contribution is 5.97. The smallest absolute Gasteiger partial charge is 0.315 e. The van der Waals surface area contributed by atoms with Gasteiger partial charge in [-0.15, -0.1) is 0 Å². The largest absolute Gasteiger partial charge is 0.460 e. The minimum Gasteiger partial charge on any atom is -0.460 e. The zero-order valence-corrected chi connectivity index (χ0v) is 9.76. The first-order chi connectivity index (χ1) is 8.22. The fourth-order valence-electron chi connectivity index (χ4n) is 1.15. The summed E-state index contributed by atoms with van der Waals surface area (Å²) in [5.74, 6) is -1.02. The minimum absolute atomic E-state index is 0.185. The number of carbonyl (C=O) groups excluding carboxylic acids is 2. The molecule has 4 heteroatoms. The van der Waals surface area contributed by atoms with Crippen LogP contribution in [-0.4, -0.2) is 18.1 Å². The van der Waals surface area contributed by atoms with E-state index in [2.05, 4.69) is 4.99 Å². The van der Waals surface area contributed by atoms with Crippen molar-refractivity contribution in [2.45, 2.75) is 26.4 Å². The first-order valence-corrected chi connectivity index (χ1v) is 5.47. The number of nitrogens with zero attached hydrogens (tertiary/aromatic N) is 1. The number of amides is 1. The van der Waals surface area contributed by atoms with Crippen LogP contribution in [0.15, 0.2) is 35.3 Å². The Morgan fingerprint density at radius 2 is 2.00 bits per heavy atom. The molecule has 0 atom stereocenters. The fourth-order valence-corrected chi connectivity index (χ4v) is 1.15. The first-order valence-electron chi connectivity index (χ1n) is 5.47. The van der Waals surface area contributed by atoms with Gasteiger partial charge in [-0.1, -0.05) is 37.3 Å². The molecule has 1 amide bonds. The van der Waals surface area contributed by atoms with Crippen LogP contribution in [0.5, 0.6) is 0 Å². The predicted octanol–water partition coefficient (Wildman–Crippen LogP) is 2.13. The molecule has 0 bridgehead atoms.